The molecule has 1 aliphatic rings. The summed E-state index contributed by atoms with van der Waals surface area (Å²) >= 11 is 0. The first-order chi connectivity index (χ1) is 5.49. The molecular weight excluding hydrogens is 180 g/mol. The Bertz CT molecular complexity index is 233. The van der Waals surface area contributed by atoms with Crippen LogP contribution < -0.4 is 10.9 Å². The second kappa shape index (κ2) is 3.69. The van der Waals surface area contributed by atoms with Gasteiger partial charge in [-0.1, -0.05) is 12.8 Å². The van der Waals surface area contributed by atoms with E-state index in [4.69, 9.17) is 5.73 Å². The van der Waals surface area contributed by atoms with E-state index in [0.29, 0.717) is 0 Å². The molecule has 1 saturated carbocycles. The number of hydrogen-bond donors (Lipinski definition) is 2. The second-order valence-electron chi connectivity index (χ2n) is 3.10. The molecule has 6 heteroatoms. The molecule has 0 aliphatic heterocycles. The molecule has 0 aromatic rings. The largest absolute Gasteiger partial charge is 0.334 e. The van der Waals surface area contributed by atoms with Crippen molar-refractivity contribution in [3.05, 3.63) is 0 Å². The minimum atomic E-state index is -3.89. The third kappa shape index (κ3) is 3.06. The molecule has 0 radical (unpaired) electrons. The second-order valence-corrected chi connectivity index (χ2v) is 4.28. The first kappa shape index (κ1) is 9.91. The van der Waals surface area contributed by atoms with Gasteiger partial charge in [0.1, 0.15) is 6.23 Å². The Labute approximate surface area is 72.3 Å². The summed E-state index contributed by atoms with van der Waals surface area (Å²) in [5.41, 5.74) is 5.48. The van der Waals surface area contributed by atoms with E-state index in [9.17, 15) is 8.42 Å². The Balaban J connectivity index is 2.42. The molecule has 5 nitrogen and oxygen atoms in total. The minimum Gasteiger partial charge on any atom is -0.305 e. The molecule has 0 amide bonds. The van der Waals surface area contributed by atoms with Crippen LogP contribution in [-0.2, 0) is 14.5 Å². The van der Waals surface area contributed by atoms with Crippen molar-refractivity contribution in [3.63, 3.8) is 0 Å². The Morgan fingerprint density at radius 1 is 1.33 bits per heavy atom. The molecule has 1 rings (SSSR count). The summed E-state index contributed by atoms with van der Waals surface area (Å²) in [4.78, 5) is 0. The van der Waals surface area contributed by atoms with Crippen LogP contribution in [0.25, 0.3) is 0 Å². The number of rotatable bonds is 3. The van der Waals surface area contributed by atoms with Gasteiger partial charge >= 0.3 is 10.3 Å². The van der Waals surface area contributed by atoms with Crippen molar-refractivity contribution in [1.82, 2.24) is 0 Å². The van der Waals surface area contributed by atoms with Gasteiger partial charge in [-0.2, -0.15) is 8.42 Å². The SMILES string of the molecule is NC(OS(N)(=O)=O)C1CCCC1. The standard InChI is InChI=1S/C6H14N2O3S/c7-6(11-12(8,9)10)5-3-1-2-4-5/h5-6H,1-4,7H2,(H2,8,9,10). The molecule has 0 aromatic heterocycles. The van der Waals surface area contributed by atoms with Crippen molar-refractivity contribution in [2.24, 2.45) is 16.8 Å². The van der Waals surface area contributed by atoms with Crippen LogP contribution >= 0.6 is 0 Å². The lowest BCUT2D eigenvalue weighted by Gasteiger charge is -2.16. The van der Waals surface area contributed by atoms with Gasteiger partial charge in [0.2, 0.25) is 0 Å². The fourth-order valence-electron chi connectivity index (χ4n) is 1.52. The van der Waals surface area contributed by atoms with Crippen molar-refractivity contribution in [3.8, 4) is 0 Å². The highest BCUT2D eigenvalue weighted by molar-refractivity contribution is 7.84. The monoisotopic (exact) mass is 194 g/mol. The van der Waals surface area contributed by atoms with Gasteiger partial charge in [0.25, 0.3) is 0 Å². The lowest BCUT2D eigenvalue weighted by molar-refractivity contribution is 0.150. The van der Waals surface area contributed by atoms with Crippen LogP contribution in [-0.4, -0.2) is 14.6 Å². The van der Waals surface area contributed by atoms with Crippen LogP contribution in [0, 0.1) is 5.92 Å². The van der Waals surface area contributed by atoms with Crippen LogP contribution in [0.1, 0.15) is 25.7 Å². The molecule has 0 bridgehead atoms. The lowest BCUT2D eigenvalue weighted by atomic mass is 10.1. The summed E-state index contributed by atoms with van der Waals surface area (Å²) in [6, 6.07) is 0. The average molecular weight is 194 g/mol. The predicted molar refractivity (Wildman–Crippen MR) is 44.1 cm³/mol. The maximum absolute atomic E-state index is 10.5. The van der Waals surface area contributed by atoms with Gasteiger partial charge in [0, 0.05) is 0 Å². The summed E-state index contributed by atoms with van der Waals surface area (Å²) in [6.45, 7) is 0. The zero-order chi connectivity index (χ0) is 9.19. The third-order valence-corrected chi connectivity index (χ3v) is 2.60. The highest BCUT2D eigenvalue weighted by atomic mass is 32.2. The Kier molecular flexibility index (Phi) is 3.05. The highest BCUT2D eigenvalue weighted by Crippen LogP contribution is 2.27. The molecule has 1 aliphatic carbocycles. The van der Waals surface area contributed by atoms with Gasteiger partial charge in [-0.25, -0.2) is 9.32 Å². The van der Waals surface area contributed by atoms with Crippen molar-refractivity contribution < 1.29 is 12.6 Å². The smallest absolute Gasteiger partial charge is 0.305 e. The zero-order valence-corrected chi connectivity index (χ0v) is 7.59. The first-order valence-electron chi connectivity index (χ1n) is 3.95. The van der Waals surface area contributed by atoms with E-state index in [1.165, 1.54) is 0 Å². The third-order valence-electron chi connectivity index (χ3n) is 2.11. The maximum atomic E-state index is 10.5. The molecule has 1 atom stereocenters. The molecular formula is C6H14N2O3S. The normalized spacial score (nSPS) is 22.8. The summed E-state index contributed by atoms with van der Waals surface area (Å²) in [5.74, 6) is 0.142. The summed E-state index contributed by atoms with van der Waals surface area (Å²) in [6.07, 6.45) is 3.27. The Morgan fingerprint density at radius 2 is 1.83 bits per heavy atom. The fraction of sp³-hybridized carbons (Fsp3) is 1.00. The molecule has 0 saturated heterocycles. The molecule has 12 heavy (non-hydrogen) atoms. The van der Waals surface area contributed by atoms with E-state index in [1.807, 2.05) is 0 Å². The van der Waals surface area contributed by atoms with Gasteiger partial charge in [0.15, 0.2) is 0 Å². The van der Waals surface area contributed by atoms with Gasteiger partial charge in [-0.15, -0.1) is 0 Å². The van der Waals surface area contributed by atoms with E-state index in [2.05, 4.69) is 9.32 Å². The van der Waals surface area contributed by atoms with E-state index in [1.54, 1.807) is 0 Å². The highest BCUT2D eigenvalue weighted by Gasteiger charge is 2.25. The molecule has 1 unspecified atom stereocenters. The van der Waals surface area contributed by atoms with Crippen molar-refractivity contribution in [2.75, 3.05) is 0 Å². The molecule has 0 spiro atoms. The Hall–Kier alpha value is -0.170. The topological polar surface area (TPSA) is 95.4 Å². The van der Waals surface area contributed by atoms with Gasteiger partial charge in [-0.05, 0) is 18.8 Å². The van der Waals surface area contributed by atoms with Gasteiger partial charge in [0.05, 0.1) is 0 Å². The first-order valence-corrected chi connectivity index (χ1v) is 5.43. The van der Waals surface area contributed by atoms with Crippen molar-refractivity contribution in [1.29, 1.82) is 0 Å². The van der Waals surface area contributed by atoms with E-state index >= 15 is 0 Å². The van der Waals surface area contributed by atoms with Crippen LogP contribution in [0.4, 0.5) is 0 Å². The van der Waals surface area contributed by atoms with Crippen LogP contribution in [0.3, 0.4) is 0 Å². The lowest BCUT2D eigenvalue weighted by Crippen LogP contribution is -2.36. The molecule has 4 N–H and O–H groups in total. The molecule has 1 fully saturated rings. The predicted octanol–water partition coefficient (Wildman–Crippen LogP) is -0.319. The van der Waals surface area contributed by atoms with Gasteiger partial charge in [-0.3, -0.25) is 0 Å². The number of hydrogen-bond acceptors (Lipinski definition) is 4. The van der Waals surface area contributed by atoms with Crippen molar-refractivity contribution in [2.45, 2.75) is 31.9 Å². The minimum absolute atomic E-state index is 0.142. The summed E-state index contributed by atoms with van der Waals surface area (Å²) < 4.78 is 25.4. The summed E-state index contributed by atoms with van der Waals surface area (Å²) in [7, 11) is -3.89. The van der Waals surface area contributed by atoms with Crippen LogP contribution in [0.2, 0.25) is 0 Å². The zero-order valence-electron chi connectivity index (χ0n) is 6.77. The van der Waals surface area contributed by atoms with Crippen LogP contribution in [0.15, 0.2) is 0 Å². The molecule has 0 heterocycles. The van der Waals surface area contributed by atoms with E-state index in [0.717, 1.165) is 25.7 Å². The molecule has 72 valence electrons. The molecule has 0 aromatic carbocycles. The maximum Gasteiger partial charge on any atom is 0.334 e. The fourth-order valence-corrected chi connectivity index (χ4v) is 1.99. The Morgan fingerprint density at radius 3 is 2.25 bits per heavy atom. The van der Waals surface area contributed by atoms with Crippen LogP contribution in [0.5, 0.6) is 0 Å². The average Bonchev–Trinajstić information content (AvgIpc) is 2.32. The number of nitrogens with two attached hydrogens (primary N) is 2. The van der Waals surface area contributed by atoms with Gasteiger partial charge < -0.3 is 5.73 Å². The summed E-state index contributed by atoms with van der Waals surface area (Å²) in [5, 5.41) is 4.67. The van der Waals surface area contributed by atoms with Crippen molar-refractivity contribution >= 4 is 10.3 Å². The van der Waals surface area contributed by atoms with E-state index in [-0.39, 0.29) is 5.92 Å². The quantitative estimate of drug-likeness (QED) is 0.602. The van der Waals surface area contributed by atoms with E-state index < -0.39 is 16.5 Å².